The van der Waals surface area contributed by atoms with E-state index < -0.39 is 11.5 Å². The summed E-state index contributed by atoms with van der Waals surface area (Å²) in [6, 6.07) is 0.645. The second-order valence-corrected chi connectivity index (χ2v) is 6.37. The highest BCUT2D eigenvalue weighted by molar-refractivity contribution is 5.86. The van der Waals surface area contributed by atoms with Crippen molar-refractivity contribution >= 4 is 12.0 Å². The predicted molar refractivity (Wildman–Crippen MR) is 73.5 cm³/mol. The Balaban J connectivity index is 1.62. The van der Waals surface area contributed by atoms with Gasteiger partial charge in [0, 0.05) is 38.8 Å². The Hall–Kier alpha value is -1.30. The molecule has 1 aliphatic carbocycles. The van der Waals surface area contributed by atoms with Crippen LogP contribution in [0.25, 0.3) is 0 Å². The van der Waals surface area contributed by atoms with Crippen molar-refractivity contribution in [2.75, 3.05) is 32.7 Å². The molecule has 2 amide bonds. The highest BCUT2D eigenvalue weighted by Gasteiger charge is 2.47. The molecular weight excluding hydrogens is 258 g/mol. The van der Waals surface area contributed by atoms with Gasteiger partial charge in [0.15, 0.2) is 0 Å². The van der Waals surface area contributed by atoms with Crippen LogP contribution in [-0.4, -0.2) is 76.1 Å². The molecule has 0 aromatic carbocycles. The third-order valence-electron chi connectivity index (χ3n) is 4.98. The van der Waals surface area contributed by atoms with E-state index in [0.717, 1.165) is 38.6 Å². The summed E-state index contributed by atoms with van der Waals surface area (Å²) >= 11 is 0. The Bertz CT molecular complexity index is 416. The fourth-order valence-electron chi connectivity index (χ4n) is 3.38. The number of urea groups is 1. The molecule has 6 heteroatoms. The van der Waals surface area contributed by atoms with Gasteiger partial charge in [-0.2, -0.15) is 0 Å². The zero-order valence-corrected chi connectivity index (χ0v) is 12.0. The van der Waals surface area contributed by atoms with E-state index in [-0.39, 0.29) is 6.03 Å². The second kappa shape index (κ2) is 4.91. The number of nitrogens with zero attached hydrogens (tertiary/aromatic N) is 3. The number of carbonyl (C=O) groups excluding carboxylic acids is 1. The maximum atomic E-state index is 12.6. The summed E-state index contributed by atoms with van der Waals surface area (Å²) in [6.45, 7) is 5.52. The molecule has 1 saturated carbocycles. The van der Waals surface area contributed by atoms with E-state index in [9.17, 15) is 14.7 Å². The fourth-order valence-corrected chi connectivity index (χ4v) is 3.38. The third kappa shape index (κ3) is 2.26. The number of likely N-dealkylation sites (tertiary alicyclic amines) is 1. The Morgan fingerprint density at radius 1 is 1.10 bits per heavy atom. The summed E-state index contributed by atoms with van der Waals surface area (Å²) in [4.78, 5) is 29.9. The number of aliphatic carboxylic acids is 1. The first kappa shape index (κ1) is 13.7. The first-order chi connectivity index (χ1) is 9.52. The standard InChI is InChI=1S/C14H23N3O3/c1-14(12(18)19)5-2-6-17(14)13(20)16-9-7-15(8-10-16)11-3-4-11/h11H,2-10H2,1H3,(H,18,19). The molecule has 112 valence electrons. The summed E-state index contributed by atoms with van der Waals surface area (Å²) in [7, 11) is 0. The van der Waals surface area contributed by atoms with Crippen LogP contribution in [0.15, 0.2) is 0 Å². The normalized spacial score (nSPS) is 31.6. The molecule has 6 nitrogen and oxygen atoms in total. The number of hydrogen-bond acceptors (Lipinski definition) is 3. The number of rotatable bonds is 2. The van der Waals surface area contributed by atoms with Crippen molar-refractivity contribution in [3.8, 4) is 0 Å². The lowest BCUT2D eigenvalue weighted by atomic mass is 10.00. The molecule has 0 spiro atoms. The van der Waals surface area contributed by atoms with E-state index in [1.54, 1.807) is 11.8 Å². The average molecular weight is 281 g/mol. The van der Waals surface area contributed by atoms with Crippen molar-refractivity contribution in [3.63, 3.8) is 0 Å². The van der Waals surface area contributed by atoms with Crippen molar-refractivity contribution in [3.05, 3.63) is 0 Å². The molecule has 2 saturated heterocycles. The smallest absolute Gasteiger partial charge is 0.329 e. The monoisotopic (exact) mass is 281 g/mol. The summed E-state index contributed by atoms with van der Waals surface area (Å²) < 4.78 is 0. The minimum atomic E-state index is -1.02. The number of piperazine rings is 1. The highest BCUT2D eigenvalue weighted by atomic mass is 16.4. The fraction of sp³-hybridized carbons (Fsp3) is 0.857. The molecule has 3 aliphatic rings. The highest BCUT2D eigenvalue weighted by Crippen LogP contribution is 2.31. The minimum absolute atomic E-state index is 0.0946. The quantitative estimate of drug-likeness (QED) is 0.814. The van der Waals surface area contributed by atoms with Gasteiger partial charge in [-0.1, -0.05) is 0 Å². The van der Waals surface area contributed by atoms with Gasteiger partial charge in [0.05, 0.1) is 0 Å². The molecule has 2 heterocycles. The molecule has 3 rings (SSSR count). The van der Waals surface area contributed by atoms with Crippen LogP contribution >= 0.6 is 0 Å². The average Bonchev–Trinajstić information content (AvgIpc) is 3.21. The first-order valence-electron chi connectivity index (χ1n) is 7.56. The number of carbonyl (C=O) groups is 2. The van der Waals surface area contributed by atoms with Crippen LogP contribution in [0.4, 0.5) is 4.79 Å². The van der Waals surface area contributed by atoms with E-state index >= 15 is 0 Å². The Labute approximate surface area is 119 Å². The van der Waals surface area contributed by atoms with E-state index in [1.807, 2.05) is 4.90 Å². The molecule has 1 N–H and O–H groups in total. The lowest BCUT2D eigenvalue weighted by Crippen LogP contribution is -2.58. The Kier molecular flexibility index (Phi) is 3.36. The van der Waals surface area contributed by atoms with Gasteiger partial charge in [0.25, 0.3) is 0 Å². The predicted octanol–water partition coefficient (Wildman–Crippen LogP) is 0.825. The van der Waals surface area contributed by atoms with Gasteiger partial charge in [0.1, 0.15) is 5.54 Å². The van der Waals surface area contributed by atoms with Crippen molar-refractivity contribution in [1.82, 2.24) is 14.7 Å². The lowest BCUT2D eigenvalue weighted by molar-refractivity contribution is -0.147. The number of hydrogen-bond donors (Lipinski definition) is 1. The summed E-state index contributed by atoms with van der Waals surface area (Å²) in [5, 5.41) is 9.39. The zero-order chi connectivity index (χ0) is 14.3. The maximum absolute atomic E-state index is 12.6. The van der Waals surface area contributed by atoms with E-state index in [2.05, 4.69) is 4.90 Å². The van der Waals surface area contributed by atoms with Gasteiger partial charge in [-0.05, 0) is 32.6 Å². The lowest BCUT2D eigenvalue weighted by Gasteiger charge is -2.40. The molecule has 2 aliphatic heterocycles. The van der Waals surface area contributed by atoms with Crippen LogP contribution in [-0.2, 0) is 4.79 Å². The van der Waals surface area contributed by atoms with Crippen molar-refractivity contribution < 1.29 is 14.7 Å². The van der Waals surface area contributed by atoms with Gasteiger partial charge in [0.2, 0.25) is 0 Å². The molecular formula is C14H23N3O3. The topological polar surface area (TPSA) is 64.1 Å². The summed E-state index contributed by atoms with van der Waals surface area (Å²) in [5.74, 6) is -0.889. The van der Waals surface area contributed by atoms with Crippen LogP contribution in [0.3, 0.4) is 0 Å². The summed E-state index contributed by atoms with van der Waals surface area (Å²) in [5.41, 5.74) is -1.02. The zero-order valence-electron chi connectivity index (χ0n) is 12.0. The number of carboxylic acid groups (broad SMARTS) is 1. The molecule has 0 bridgehead atoms. The Morgan fingerprint density at radius 3 is 2.30 bits per heavy atom. The van der Waals surface area contributed by atoms with Gasteiger partial charge in [-0.25, -0.2) is 9.59 Å². The molecule has 1 unspecified atom stereocenters. The van der Waals surface area contributed by atoms with Crippen molar-refractivity contribution in [2.24, 2.45) is 0 Å². The molecule has 3 fully saturated rings. The Morgan fingerprint density at radius 2 is 1.75 bits per heavy atom. The SMILES string of the molecule is CC1(C(=O)O)CCCN1C(=O)N1CCN(C2CC2)CC1. The van der Waals surface area contributed by atoms with Crippen LogP contribution in [0, 0.1) is 0 Å². The number of carboxylic acids is 1. The minimum Gasteiger partial charge on any atom is -0.480 e. The maximum Gasteiger partial charge on any atom is 0.329 e. The van der Waals surface area contributed by atoms with Gasteiger partial charge >= 0.3 is 12.0 Å². The van der Waals surface area contributed by atoms with Crippen LogP contribution in [0.1, 0.15) is 32.6 Å². The molecule has 1 atom stereocenters. The van der Waals surface area contributed by atoms with Crippen LogP contribution in [0.2, 0.25) is 0 Å². The van der Waals surface area contributed by atoms with Gasteiger partial charge in [-0.3, -0.25) is 4.90 Å². The molecule has 0 aromatic rings. The van der Waals surface area contributed by atoms with Crippen molar-refractivity contribution in [2.45, 2.75) is 44.2 Å². The van der Waals surface area contributed by atoms with Crippen LogP contribution < -0.4 is 0 Å². The van der Waals surface area contributed by atoms with Crippen LogP contribution in [0.5, 0.6) is 0 Å². The van der Waals surface area contributed by atoms with E-state index in [4.69, 9.17) is 0 Å². The van der Waals surface area contributed by atoms with E-state index in [0.29, 0.717) is 13.0 Å². The summed E-state index contributed by atoms with van der Waals surface area (Å²) in [6.07, 6.45) is 3.90. The van der Waals surface area contributed by atoms with E-state index in [1.165, 1.54) is 12.8 Å². The third-order valence-corrected chi connectivity index (χ3v) is 4.98. The van der Waals surface area contributed by atoms with Gasteiger partial charge < -0.3 is 14.9 Å². The molecule has 0 radical (unpaired) electrons. The number of amides is 2. The first-order valence-corrected chi connectivity index (χ1v) is 7.56. The van der Waals surface area contributed by atoms with Crippen molar-refractivity contribution in [1.29, 1.82) is 0 Å². The second-order valence-electron chi connectivity index (χ2n) is 6.37. The largest absolute Gasteiger partial charge is 0.480 e. The van der Waals surface area contributed by atoms with Gasteiger partial charge in [-0.15, -0.1) is 0 Å². The molecule has 0 aromatic heterocycles. The molecule has 20 heavy (non-hydrogen) atoms.